The summed E-state index contributed by atoms with van der Waals surface area (Å²) in [5.41, 5.74) is 0. The normalized spacial score (nSPS) is 48.0. The fourth-order valence-electron chi connectivity index (χ4n) is 1.09. The second kappa shape index (κ2) is 1.39. The molecule has 0 spiro atoms. The third kappa shape index (κ3) is 0.662. The number of nitrogens with one attached hydrogen (secondary N) is 1. The first-order chi connectivity index (χ1) is 3.47. The van der Waals surface area contributed by atoms with Crippen LogP contribution in [-0.4, -0.2) is 23.6 Å². The quantitative estimate of drug-likeness (QED) is 0.463. The summed E-state index contributed by atoms with van der Waals surface area (Å²) >= 11 is 2.08. The summed E-state index contributed by atoms with van der Waals surface area (Å²) in [6.07, 6.45) is 1.41. The van der Waals surface area contributed by atoms with Crippen LogP contribution in [0.3, 0.4) is 0 Å². The van der Waals surface area contributed by atoms with Crippen molar-refractivity contribution in [2.24, 2.45) is 0 Å². The summed E-state index contributed by atoms with van der Waals surface area (Å²) in [5.74, 6) is 2.75. The highest BCUT2D eigenvalue weighted by Gasteiger charge is 2.37. The fraction of sp³-hybridized carbons (Fsp3) is 1.00. The minimum atomic E-state index is 0.916. The van der Waals surface area contributed by atoms with Gasteiger partial charge in [0.15, 0.2) is 0 Å². The van der Waals surface area contributed by atoms with E-state index in [1.54, 1.807) is 0 Å². The maximum atomic E-state index is 3.41. The molecule has 2 heteroatoms. The Bertz CT molecular complexity index is 74.1. The highest BCUT2D eigenvalue weighted by Crippen LogP contribution is 2.26. The molecule has 0 aromatic rings. The zero-order valence-corrected chi connectivity index (χ0v) is 5.00. The Morgan fingerprint density at radius 1 is 1.43 bits per heavy atom. The van der Waals surface area contributed by atoms with E-state index in [0.717, 1.165) is 12.1 Å². The molecule has 1 nitrogen and oxygen atoms in total. The van der Waals surface area contributed by atoms with Gasteiger partial charge in [-0.2, -0.15) is 11.8 Å². The first-order valence-corrected chi connectivity index (χ1v) is 3.96. The summed E-state index contributed by atoms with van der Waals surface area (Å²) < 4.78 is 0. The van der Waals surface area contributed by atoms with Gasteiger partial charge in [0.25, 0.3) is 0 Å². The van der Waals surface area contributed by atoms with Gasteiger partial charge in [-0.3, -0.25) is 0 Å². The van der Waals surface area contributed by atoms with Crippen LogP contribution in [0.25, 0.3) is 0 Å². The van der Waals surface area contributed by atoms with E-state index in [1.807, 2.05) is 0 Å². The lowest BCUT2D eigenvalue weighted by atomic mass is 10.3. The largest absolute Gasteiger partial charge is 0.307 e. The first-order valence-electron chi connectivity index (χ1n) is 2.80. The number of fused-ring (bicyclic) bond motifs is 1. The van der Waals surface area contributed by atoms with Gasteiger partial charge >= 0.3 is 0 Å². The van der Waals surface area contributed by atoms with Gasteiger partial charge in [-0.05, 0) is 12.2 Å². The highest BCUT2D eigenvalue weighted by molar-refractivity contribution is 7.99. The molecule has 2 heterocycles. The van der Waals surface area contributed by atoms with Crippen molar-refractivity contribution in [1.29, 1.82) is 0 Å². The first kappa shape index (κ1) is 4.21. The molecule has 0 aliphatic carbocycles. The summed E-state index contributed by atoms with van der Waals surface area (Å²) in [7, 11) is 0. The van der Waals surface area contributed by atoms with Gasteiger partial charge in [0, 0.05) is 17.8 Å². The van der Waals surface area contributed by atoms with Crippen LogP contribution in [0.2, 0.25) is 0 Å². The Balaban J connectivity index is 1.95. The van der Waals surface area contributed by atoms with Gasteiger partial charge in [0.1, 0.15) is 0 Å². The minimum absolute atomic E-state index is 0.916. The standard InChI is InChI=1S/C5H9NS/c1-2-7-3-5-4(1)6-5/h4-6H,1-3H2. The number of rotatable bonds is 0. The molecule has 2 atom stereocenters. The van der Waals surface area contributed by atoms with E-state index >= 15 is 0 Å². The van der Waals surface area contributed by atoms with Crippen LogP contribution in [0.4, 0.5) is 0 Å². The zero-order valence-electron chi connectivity index (χ0n) is 4.18. The molecule has 2 aliphatic rings. The number of hydrogen-bond acceptors (Lipinski definition) is 2. The predicted molar refractivity (Wildman–Crippen MR) is 32.7 cm³/mol. The minimum Gasteiger partial charge on any atom is -0.307 e. The van der Waals surface area contributed by atoms with Crippen LogP contribution in [0.5, 0.6) is 0 Å². The molecular weight excluding hydrogens is 106 g/mol. The van der Waals surface area contributed by atoms with Crippen molar-refractivity contribution in [2.75, 3.05) is 11.5 Å². The predicted octanol–water partition coefficient (Wildman–Crippen LogP) is 0.464. The Labute approximate surface area is 47.9 Å². The van der Waals surface area contributed by atoms with E-state index in [0.29, 0.717) is 0 Å². The maximum Gasteiger partial charge on any atom is 0.0315 e. The lowest BCUT2D eigenvalue weighted by Gasteiger charge is -2.02. The molecule has 0 aromatic heterocycles. The Morgan fingerprint density at radius 2 is 2.43 bits per heavy atom. The van der Waals surface area contributed by atoms with Gasteiger partial charge in [-0.25, -0.2) is 0 Å². The molecule has 0 bridgehead atoms. The van der Waals surface area contributed by atoms with E-state index in [4.69, 9.17) is 0 Å². The Morgan fingerprint density at radius 3 is 3.00 bits per heavy atom. The van der Waals surface area contributed by atoms with Gasteiger partial charge in [-0.15, -0.1) is 0 Å². The van der Waals surface area contributed by atoms with Crippen molar-refractivity contribution in [3.63, 3.8) is 0 Å². The van der Waals surface area contributed by atoms with Crippen LogP contribution < -0.4 is 5.32 Å². The molecule has 7 heavy (non-hydrogen) atoms. The van der Waals surface area contributed by atoms with E-state index in [9.17, 15) is 0 Å². The third-order valence-corrected chi connectivity index (χ3v) is 2.79. The molecule has 2 unspecified atom stereocenters. The van der Waals surface area contributed by atoms with Crippen molar-refractivity contribution >= 4 is 11.8 Å². The summed E-state index contributed by atoms with van der Waals surface area (Å²) in [6.45, 7) is 0. The maximum absolute atomic E-state index is 3.41. The monoisotopic (exact) mass is 115 g/mol. The van der Waals surface area contributed by atoms with Crippen LogP contribution in [-0.2, 0) is 0 Å². The van der Waals surface area contributed by atoms with Crippen molar-refractivity contribution in [3.05, 3.63) is 0 Å². The molecule has 0 radical (unpaired) electrons. The fourth-order valence-corrected chi connectivity index (χ4v) is 2.26. The van der Waals surface area contributed by atoms with E-state index in [1.165, 1.54) is 17.9 Å². The second-order valence-corrected chi connectivity index (χ2v) is 3.39. The molecule has 1 N–H and O–H groups in total. The summed E-state index contributed by atoms with van der Waals surface area (Å²) in [5, 5.41) is 3.41. The second-order valence-electron chi connectivity index (χ2n) is 2.24. The van der Waals surface area contributed by atoms with Crippen LogP contribution in [0, 0.1) is 0 Å². The average Bonchev–Trinajstić information content (AvgIpc) is 2.41. The smallest absolute Gasteiger partial charge is 0.0315 e. The molecule has 0 amide bonds. The highest BCUT2D eigenvalue weighted by atomic mass is 32.2. The van der Waals surface area contributed by atoms with Crippen LogP contribution >= 0.6 is 11.8 Å². The Hall–Kier alpha value is 0.310. The van der Waals surface area contributed by atoms with Crippen molar-refractivity contribution < 1.29 is 0 Å². The van der Waals surface area contributed by atoms with Gasteiger partial charge in [0.05, 0.1) is 0 Å². The topological polar surface area (TPSA) is 21.9 Å². The average molecular weight is 115 g/mol. The molecule has 2 aliphatic heterocycles. The molecule has 2 fully saturated rings. The third-order valence-electron chi connectivity index (χ3n) is 1.68. The Kier molecular flexibility index (Phi) is 0.837. The van der Waals surface area contributed by atoms with E-state index < -0.39 is 0 Å². The molecule has 2 saturated heterocycles. The van der Waals surface area contributed by atoms with Crippen molar-refractivity contribution in [2.45, 2.75) is 18.5 Å². The SMILES string of the molecule is C1CC2NC2CS1. The molecule has 2 rings (SSSR count). The molecule has 0 saturated carbocycles. The van der Waals surface area contributed by atoms with Crippen LogP contribution in [0.15, 0.2) is 0 Å². The van der Waals surface area contributed by atoms with Gasteiger partial charge in [-0.1, -0.05) is 0 Å². The van der Waals surface area contributed by atoms with Gasteiger partial charge in [0.2, 0.25) is 0 Å². The number of thioether (sulfide) groups is 1. The zero-order chi connectivity index (χ0) is 4.69. The van der Waals surface area contributed by atoms with Crippen LogP contribution in [0.1, 0.15) is 6.42 Å². The molecule has 0 aromatic carbocycles. The number of hydrogen-bond donors (Lipinski definition) is 1. The van der Waals surface area contributed by atoms with Crippen molar-refractivity contribution in [1.82, 2.24) is 5.32 Å². The molecule has 40 valence electrons. The summed E-state index contributed by atoms with van der Waals surface area (Å²) in [4.78, 5) is 0. The van der Waals surface area contributed by atoms with E-state index in [2.05, 4.69) is 17.1 Å². The molecular formula is C5H9NS. The summed E-state index contributed by atoms with van der Waals surface area (Å²) in [6, 6.07) is 1.85. The van der Waals surface area contributed by atoms with E-state index in [-0.39, 0.29) is 0 Å². The van der Waals surface area contributed by atoms with Gasteiger partial charge < -0.3 is 5.32 Å². The van der Waals surface area contributed by atoms with Crippen molar-refractivity contribution in [3.8, 4) is 0 Å². The lowest BCUT2D eigenvalue weighted by Crippen LogP contribution is -2.05. The lowest BCUT2D eigenvalue weighted by molar-refractivity contribution is 0.867.